The van der Waals surface area contributed by atoms with Gasteiger partial charge in [-0.1, -0.05) is 12.1 Å². The summed E-state index contributed by atoms with van der Waals surface area (Å²) in [6, 6.07) is 9.96. The van der Waals surface area contributed by atoms with Gasteiger partial charge in [0.15, 0.2) is 0 Å². The molecule has 23 heavy (non-hydrogen) atoms. The van der Waals surface area contributed by atoms with Crippen molar-refractivity contribution in [2.75, 3.05) is 7.11 Å². The summed E-state index contributed by atoms with van der Waals surface area (Å²) >= 11 is 0. The van der Waals surface area contributed by atoms with Crippen molar-refractivity contribution in [2.24, 2.45) is 0 Å². The van der Waals surface area contributed by atoms with Crippen molar-refractivity contribution in [3.63, 3.8) is 0 Å². The largest absolute Gasteiger partial charge is 0.496 e. The molecule has 2 aromatic carbocycles. The molecule has 0 aliphatic heterocycles. The van der Waals surface area contributed by atoms with Gasteiger partial charge in [0.2, 0.25) is 0 Å². The predicted octanol–water partition coefficient (Wildman–Crippen LogP) is 3.88. The van der Waals surface area contributed by atoms with Gasteiger partial charge in [-0.05, 0) is 35.9 Å². The Hall–Kier alpha value is -2.02. The summed E-state index contributed by atoms with van der Waals surface area (Å²) in [4.78, 5) is 0. The predicted molar refractivity (Wildman–Crippen MR) is 81.6 cm³/mol. The van der Waals surface area contributed by atoms with Crippen LogP contribution in [0.4, 0.5) is 13.2 Å². The molecule has 2 aromatic rings. The molecule has 0 saturated carbocycles. The zero-order valence-corrected chi connectivity index (χ0v) is 13.1. The van der Waals surface area contributed by atoms with Crippen molar-refractivity contribution in [3.05, 3.63) is 59.4 Å². The van der Waals surface area contributed by atoms with Gasteiger partial charge in [0.25, 0.3) is 0 Å². The van der Waals surface area contributed by atoms with Crippen LogP contribution in [0.3, 0.4) is 0 Å². The molecule has 0 saturated heterocycles. The smallest absolute Gasteiger partial charge is 0.387 e. The Kier molecular flexibility index (Phi) is 6.04. The molecule has 0 radical (unpaired) electrons. The maximum atomic E-state index is 13.3. The van der Waals surface area contributed by atoms with Crippen molar-refractivity contribution in [3.8, 4) is 11.5 Å². The minimum Gasteiger partial charge on any atom is -0.496 e. The van der Waals surface area contributed by atoms with Crippen molar-refractivity contribution >= 4 is 10.8 Å². The highest BCUT2D eigenvalue weighted by atomic mass is 32.2. The number of alkyl halides is 2. The minimum atomic E-state index is -2.88. The third-order valence-electron chi connectivity index (χ3n) is 3.04. The lowest BCUT2D eigenvalue weighted by atomic mass is 10.2. The van der Waals surface area contributed by atoms with Crippen LogP contribution in [-0.4, -0.2) is 17.9 Å². The fourth-order valence-electron chi connectivity index (χ4n) is 2.04. The first-order valence-corrected chi connectivity index (χ1v) is 8.18. The van der Waals surface area contributed by atoms with Crippen molar-refractivity contribution in [1.82, 2.24) is 0 Å². The summed E-state index contributed by atoms with van der Waals surface area (Å²) in [7, 11) is 0.165. The van der Waals surface area contributed by atoms with Gasteiger partial charge in [0.05, 0.1) is 12.9 Å². The van der Waals surface area contributed by atoms with Crippen LogP contribution in [0.1, 0.15) is 11.1 Å². The highest BCUT2D eigenvalue weighted by molar-refractivity contribution is 7.83. The molecule has 0 N–H and O–H groups in total. The van der Waals surface area contributed by atoms with Gasteiger partial charge in [-0.15, -0.1) is 0 Å². The Bertz CT molecular complexity index is 675. The van der Waals surface area contributed by atoms with Gasteiger partial charge in [-0.2, -0.15) is 8.78 Å². The third-order valence-corrected chi connectivity index (χ3v) is 4.32. The van der Waals surface area contributed by atoms with Crippen LogP contribution in [-0.2, 0) is 22.3 Å². The second-order valence-electron chi connectivity index (χ2n) is 4.71. The molecule has 1 atom stereocenters. The van der Waals surface area contributed by atoms with Crippen LogP contribution >= 0.6 is 0 Å². The average Bonchev–Trinajstić information content (AvgIpc) is 2.49. The molecule has 2 rings (SSSR count). The van der Waals surface area contributed by atoms with E-state index in [4.69, 9.17) is 4.74 Å². The number of ether oxygens (including phenoxy) is 2. The minimum absolute atomic E-state index is 0.0429. The van der Waals surface area contributed by atoms with E-state index in [1.54, 1.807) is 12.1 Å². The number of rotatable bonds is 7. The van der Waals surface area contributed by atoms with Crippen LogP contribution in [0.5, 0.6) is 11.5 Å². The maximum absolute atomic E-state index is 13.3. The summed E-state index contributed by atoms with van der Waals surface area (Å²) in [6.45, 7) is -2.88. The van der Waals surface area contributed by atoms with Crippen LogP contribution in [0.25, 0.3) is 0 Å². The van der Waals surface area contributed by atoms with E-state index in [1.807, 2.05) is 0 Å². The van der Waals surface area contributed by atoms with Crippen LogP contribution in [0, 0.1) is 5.82 Å². The SMILES string of the molecule is COc1ccc(F)cc1C[S@@](=O)Cc1ccc(OC(F)F)cc1. The molecule has 0 amide bonds. The normalized spacial score (nSPS) is 12.2. The second-order valence-corrected chi connectivity index (χ2v) is 6.16. The van der Waals surface area contributed by atoms with Gasteiger partial charge in [0.1, 0.15) is 17.3 Å². The average molecular weight is 344 g/mol. The van der Waals surface area contributed by atoms with E-state index in [2.05, 4.69) is 4.74 Å². The van der Waals surface area contributed by atoms with E-state index in [1.165, 1.54) is 37.4 Å². The van der Waals surface area contributed by atoms with Gasteiger partial charge < -0.3 is 9.47 Å². The van der Waals surface area contributed by atoms with Gasteiger partial charge in [-0.25, -0.2) is 4.39 Å². The molecule has 124 valence electrons. The Labute approximate surface area is 134 Å². The zero-order valence-electron chi connectivity index (χ0n) is 12.3. The standard InChI is InChI=1S/C16H15F3O3S/c1-21-15-7-4-13(17)8-12(15)10-23(20)9-11-2-5-14(6-3-11)22-16(18)19/h2-8,16H,9-10H2,1H3/t23-/m0/s1. The molecule has 3 nitrogen and oxygen atoms in total. The number of hydrogen-bond acceptors (Lipinski definition) is 3. The summed E-state index contributed by atoms with van der Waals surface area (Å²) in [5.41, 5.74) is 1.23. The number of methoxy groups -OCH3 is 1. The first-order chi connectivity index (χ1) is 11.0. The van der Waals surface area contributed by atoms with Crippen molar-refractivity contribution in [2.45, 2.75) is 18.1 Å². The highest BCUT2D eigenvalue weighted by Crippen LogP contribution is 2.22. The van der Waals surface area contributed by atoms with Crippen molar-refractivity contribution in [1.29, 1.82) is 0 Å². The van der Waals surface area contributed by atoms with Gasteiger partial charge in [0, 0.05) is 22.1 Å². The molecule has 0 aromatic heterocycles. The van der Waals surface area contributed by atoms with E-state index in [0.29, 0.717) is 16.9 Å². The Balaban J connectivity index is 2.01. The summed E-state index contributed by atoms with van der Waals surface area (Å²) in [5, 5.41) is 0. The van der Waals surface area contributed by atoms with E-state index < -0.39 is 23.2 Å². The molecule has 0 fully saturated rings. The Morgan fingerprint density at radius 1 is 1.09 bits per heavy atom. The molecule has 0 aliphatic carbocycles. The van der Waals surface area contributed by atoms with Crippen LogP contribution < -0.4 is 9.47 Å². The third kappa shape index (κ3) is 5.28. The van der Waals surface area contributed by atoms with E-state index in [9.17, 15) is 17.4 Å². The fraction of sp³-hybridized carbons (Fsp3) is 0.250. The van der Waals surface area contributed by atoms with E-state index >= 15 is 0 Å². The van der Waals surface area contributed by atoms with Crippen molar-refractivity contribution < 1.29 is 26.9 Å². The maximum Gasteiger partial charge on any atom is 0.387 e. The number of hydrogen-bond donors (Lipinski definition) is 0. The Morgan fingerprint density at radius 2 is 1.78 bits per heavy atom. The van der Waals surface area contributed by atoms with Crippen LogP contribution in [0.2, 0.25) is 0 Å². The summed E-state index contributed by atoms with van der Waals surface area (Å²) < 4.78 is 59.0. The number of halogens is 3. The molecule has 0 aliphatic rings. The molecule has 0 heterocycles. The molecule has 0 unspecified atom stereocenters. The van der Waals surface area contributed by atoms with Crippen LogP contribution in [0.15, 0.2) is 42.5 Å². The fourth-order valence-corrected chi connectivity index (χ4v) is 3.28. The lowest BCUT2D eigenvalue weighted by Crippen LogP contribution is -2.03. The summed E-state index contributed by atoms with van der Waals surface area (Å²) in [5.74, 6) is 0.443. The Morgan fingerprint density at radius 3 is 2.39 bits per heavy atom. The zero-order chi connectivity index (χ0) is 16.8. The molecule has 7 heteroatoms. The monoisotopic (exact) mass is 344 g/mol. The second kappa shape index (κ2) is 8.01. The molecule has 0 bridgehead atoms. The summed E-state index contributed by atoms with van der Waals surface area (Å²) in [6.07, 6.45) is 0. The topological polar surface area (TPSA) is 35.5 Å². The lowest BCUT2D eigenvalue weighted by Gasteiger charge is -2.09. The lowest BCUT2D eigenvalue weighted by molar-refractivity contribution is -0.0498. The molecule has 0 spiro atoms. The first-order valence-electron chi connectivity index (χ1n) is 6.69. The van der Waals surface area contributed by atoms with Gasteiger partial charge in [-0.3, -0.25) is 4.21 Å². The molecular weight excluding hydrogens is 329 g/mol. The molecular formula is C16H15F3O3S. The van der Waals surface area contributed by atoms with E-state index in [0.717, 1.165) is 0 Å². The number of benzene rings is 2. The van der Waals surface area contributed by atoms with Gasteiger partial charge >= 0.3 is 6.61 Å². The first kappa shape index (κ1) is 17.3. The quantitative estimate of drug-likeness (QED) is 0.765. The highest BCUT2D eigenvalue weighted by Gasteiger charge is 2.10. The van der Waals surface area contributed by atoms with E-state index in [-0.39, 0.29) is 17.3 Å².